The average molecular weight is 382 g/mol. The highest BCUT2D eigenvalue weighted by Gasteiger charge is 2.30. The zero-order chi connectivity index (χ0) is 20.1. The Morgan fingerprint density at radius 2 is 1.79 bits per heavy atom. The Kier molecular flexibility index (Phi) is 6.70. The van der Waals surface area contributed by atoms with Crippen LogP contribution in [0.15, 0.2) is 48.5 Å². The van der Waals surface area contributed by atoms with Crippen LogP contribution in [-0.4, -0.2) is 68.0 Å². The number of carbonyl (C=O) groups excluding carboxylic acids is 1. The highest BCUT2D eigenvalue weighted by Crippen LogP contribution is 2.24. The number of likely N-dealkylation sites (N-methyl/N-ethyl adjacent to an activating group) is 1. The van der Waals surface area contributed by atoms with E-state index in [0.29, 0.717) is 0 Å². The van der Waals surface area contributed by atoms with Crippen molar-refractivity contribution in [3.63, 3.8) is 0 Å². The van der Waals surface area contributed by atoms with E-state index in [9.17, 15) is 4.79 Å². The van der Waals surface area contributed by atoms with Crippen molar-refractivity contribution >= 4 is 5.91 Å². The molecule has 0 radical (unpaired) electrons. The van der Waals surface area contributed by atoms with Gasteiger partial charge in [0.25, 0.3) is 0 Å². The summed E-state index contributed by atoms with van der Waals surface area (Å²) in [6.45, 7) is 6.17. The fraction of sp³-hybridized carbons (Fsp3) is 0.435. The van der Waals surface area contributed by atoms with Gasteiger partial charge in [0, 0.05) is 38.3 Å². The fourth-order valence-electron chi connectivity index (χ4n) is 3.88. The van der Waals surface area contributed by atoms with Crippen LogP contribution < -0.4 is 4.74 Å². The Balaban J connectivity index is 1.64. The molecule has 1 unspecified atom stereocenters. The molecule has 1 aliphatic rings. The molecule has 1 heterocycles. The van der Waals surface area contributed by atoms with Gasteiger partial charge in [0.1, 0.15) is 11.8 Å². The van der Waals surface area contributed by atoms with E-state index in [-0.39, 0.29) is 11.9 Å². The molecule has 0 aliphatic carbocycles. The van der Waals surface area contributed by atoms with Gasteiger partial charge in [0.05, 0.1) is 7.11 Å². The zero-order valence-electron chi connectivity index (χ0n) is 17.4. The number of aryl methyl sites for hydroxylation is 1. The maximum Gasteiger partial charge on any atom is 0.244 e. The summed E-state index contributed by atoms with van der Waals surface area (Å²) in [4.78, 5) is 19.7. The number of methoxy groups -OCH3 is 1. The van der Waals surface area contributed by atoms with E-state index in [0.717, 1.165) is 44.0 Å². The van der Waals surface area contributed by atoms with Crippen molar-refractivity contribution in [3.05, 3.63) is 65.2 Å². The zero-order valence-corrected chi connectivity index (χ0v) is 17.4. The molecule has 0 N–H and O–H groups in total. The number of piperazine rings is 1. The van der Waals surface area contributed by atoms with Crippen LogP contribution in [0.4, 0.5) is 0 Å². The number of hydrogen-bond acceptors (Lipinski definition) is 4. The predicted molar refractivity (Wildman–Crippen MR) is 112 cm³/mol. The van der Waals surface area contributed by atoms with E-state index in [2.05, 4.69) is 30.0 Å². The molecule has 0 aromatic heterocycles. The van der Waals surface area contributed by atoms with Crippen molar-refractivity contribution in [1.29, 1.82) is 0 Å². The lowest BCUT2D eigenvalue weighted by Crippen LogP contribution is -2.51. The summed E-state index contributed by atoms with van der Waals surface area (Å²) < 4.78 is 5.47. The van der Waals surface area contributed by atoms with Crippen molar-refractivity contribution in [2.24, 2.45) is 0 Å². The molecule has 2 aromatic carbocycles. The molecule has 1 saturated heterocycles. The smallest absolute Gasteiger partial charge is 0.244 e. The minimum Gasteiger partial charge on any atom is -0.496 e. The minimum absolute atomic E-state index is 0.188. The summed E-state index contributed by atoms with van der Waals surface area (Å²) in [5.74, 6) is 1.11. The Hall–Kier alpha value is -2.37. The number of para-hydroxylation sites is 1. The third-order valence-electron chi connectivity index (χ3n) is 5.38. The molecule has 1 amide bonds. The molecule has 28 heavy (non-hydrogen) atoms. The third-order valence-corrected chi connectivity index (χ3v) is 5.38. The van der Waals surface area contributed by atoms with Crippen molar-refractivity contribution in [2.75, 3.05) is 47.4 Å². The number of rotatable bonds is 6. The van der Waals surface area contributed by atoms with Gasteiger partial charge < -0.3 is 9.64 Å². The molecule has 5 nitrogen and oxygen atoms in total. The summed E-state index contributed by atoms with van der Waals surface area (Å²) in [6.07, 6.45) is 0. The minimum atomic E-state index is -0.235. The van der Waals surface area contributed by atoms with Crippen LogP contribution in [0, 0.1) is 6.92 Å². The molecule has 150 valence electrons. The molecule has 0 saturated carbocycles. The van der Waals surface area contributed by atoms with Crippen LogP contribution in [0.2, 0.25) is 0 Å². The van der Waals surface area contributed by atoms with Gasteiger partial charge in [-0.15, -0.1) is 0 Å². The Bertz CT molecular complexity index is 798. The standard InChI is InChI=1S/C23H31N3O2/c1-18-8-7-10-19(16-18)22(24(2)3)23(27)26-14-12-25(13-15-26)17-20-9-5-6-11-21(20)28-4/h5-11,16,22H,12-15,17H2,1-4H3. The molecule has 0 spiro atoms. The van der Waals surface area contributed by atoms with Gasteiger partial charge in [-0.25, -0.2) is 0 Å². The van der Waals surface area contributed by atoms with Gasteiger partial charge in [0.2, 0.25) is 5.91 Å². The van der Waals surface area contributed by atoms with Crippen LogP contribution in [0.5, 0.6) is 5.75 Å². The molecule has 1 aliphatic heterocycles. The number of benzene rings is 2. The van der Waals surface area contributed by atoms with E-state index in [4.69, 9.17) is 4.74 Å². The van der Waals surface area contributed by atoms with E-state index in [1.54, 1.807) is 7.11 Å². The lowest BCUT2D eigenvalue weighted by molar-refractivity contribution is -0.138. The second kappa shape index (κ2) is 9.22. The molecular formula is C23H31N3O2. The van der Waals surface area contributed by atoms with Crippen LogP contribution in [0.25, 0.3) is 0 Å². The maximum absolute atomic E-state index is 13.3. The van der Waals surface area contributed by atoms with Crippen LogP contribution in [-0.2, 0) is 11.3 Å². The van der Waals surface area contributed by atoms with E-state index >= 15 is 0 Å². The first-order chi connectivity index (χ1) is 13.5. The SMILES string of the molecule is COc1ccccc1CN1CCN(C(=O)C(c2cccc(C)c2)N(C)C)CC1. The summed E-state index contributed by atoms with van der Waals surface area (Å²) >= 11 is 0. The van der Waals surface area contributed by atoms with Crippen molar-refractivity contribution in [2.45, 2.75) is 19.5 Å². The quantitative estimate of drug-likeness (QED) is 0.771. The summed E-state index contributed by atoms with van der Waals surface area (Å²) in [7, 11) is 5.66. The monoisotopic (exact) mass is 381 g/mol. The van der Waals surface area contributed by atoms with Crippen molar-refractivity contribution in [1.82, 2.24) is 14.7 Å². The Morgan fingerprint density at radius 1 is 1.07 bits per heavy atom. The number of carbonyl (C=O) groups is 1. The molecular weight excluding hydrogens is 350 g/mol. The van der Waals surface area contributed by atoms with Crippen molar-refractivity contribution < 1.29 is 9.53 Å². The maximum atomic E-state index is 13.3. The van der Waals surface area contributed by atoms with Crippen LogP contribution in [0.3, 0.4) is 0 Å². The van der Waals surface area contributed by atoms with Gasteiger partial charge in [0.15, 0.2) is 0 Å². The molecule has 5 heteroatoms. The van der Waals surface area contributed by atoms with E-state index < -0.39 is 0 Å². The fourth-order valence-corrected chi connectivity index (χ4v) is 3.88. The molecule has 0 bridgehead atoms. The molecule has 1 fully saturated rings. The first kappa shape index (κ1) is 20.4. The van der Waals surface area contributed by atoms with E-state index in [1.165, 1.54) is 11.1 Å². The van der Waals surface area contributed by atoms with Gasteiger partial charge in [-0.2, -0.15) is 0 Å². The topological polar surface area (TPSA) is 36.0 Å². The second-order valence-corrected chi connectivity index (χ2v) is 7.69. The van der Waals surface area contributed by atoms with Gasteiger partial charge in [-0.05, 0) is 32.6 Å². The van der Waals surface area contributed by atoms with Crippen LogP contribution >= 0.6 is 0 Å². The molecule has 1 atom stereocenters. The van der Waals surface area contributed by atoms with Crippen molar-refractivity contribution in [3.8, 4) is 5.75 Å². The highest BCUT2D eigenvalue weighted by atomic mass is 16.5. The van der Waals surface area contributed by atoms with Crippen LogP contribution in [0.1, 0.15) is 22.7 Å². The van der Waals surface area contributed by atoms with Gasteiger partial charge in [-0.1, -0.05) is 48.0 Å². The summed E-state index contributed by atoms with van der Waals surface area (Å²) in [5, 5.41) is 0. The predicted octanol–water partition coefficient (Wildman–Crippen LogP) is 2.95. The number of hydrogen-bond donors (Lipinski definition) is 0. The largest absolute Gasteiger partial charge is 0.496 e. The Labute approximate surface area is 168 Å². The second-order valence-electron chi connectivity index (χ2n) is 7.69. The highest BCUT2D eigenvalue weighted by molar-refractivity contribution is 5.83. The van der Waals surface area contributed by atoms with Gasteiger partial charge >= 0.3 is 0 Å². The summed E-state index contributed by atoms with van der Waals surface area (Å²) in [6, 6.07) is 16.2. The molecule has 2 aromatic rings. The number of ether oxygens (including phenoxy) is 1. The first-order valence-electron chi connectivity index (χ1n) is 9.85. The lowest BCUT2D eigenvalue weighted by atomic mass is 10.0. The van der Waals surface area contributed by atoms with Gasteiger partial charge in [-0.3, -0.25) is 14.6 Å². The Morgan fingerprint density at radius 3 is 2.43 bits per heavy atom. The third kappa shape index (κ3) is 4.72. The number of nitrogens with zero attached hydrogens (tertiary/aromatic N) is 3. The average Bonchev–Trinajstić information content (AvgIpc) is 2.69. The van der Waals surface area contributed by atoms with E-state index in [1.807, 2.05) is 54.2 Å². The normalized spacial score (nSPS) is 16.2. The summed E-state index contributed by atoms with van der Waals surface area (Å²) in [5.41, 5.74) is 3.43. The molecule has 3 rings (SSSR count). The lowest BCUT2D eigenvalue weighted by Gasteiger charge is -2.38. The first-order valence-corrected chi connectivity index (χ1v) is 9.85. The number of amides is 1.